The molecule has 0 amide bonds. The van der Waals surface area contributed by atoms with Gasteiger partial charge >= 0.3 is 5.97 Å². The fourth-order valence-electron chi connectivity index (χ4n) is 4.28. The van der Waals surface area contributed by atoms with Gasteiger partial charge in [0.25, 0.3) is 0 Å². The molecule has 1 saturated heterocycles. The number of hydrogen-bond donors (Lipinski definition) is 2. The number of aliphatic carboxylic acids is 1. The van der Waals surface area contributed by atoms with E-state index in [1.807, 2.05) is 24.3 Å². The van der Waals surface area contributed by atoms with Crippen LogP contribution in [0.25, 0.3) is 10.8 Å². The third kappa shape index (κ3) is 5.27. The van der Waals surface area contributed by atoms with Crippen molar-refractivity contribution in [2.75, 3.05) is 19.7 Å². The molecule has 0 aromatic heterocycles. The van der Waals surface area contributed by atoms with Crippen LogP contribution in [-0.4, -0.2) is 36.5 Å². The molecule has 0 bridgehead atoms. The van der Waals surface area contributed by atoms with Crippen LogP contribution >= 0.6 is 0 Å². The largest absolute Gasteiger partial charge is 0.479 e. The zero-order chi connectivity index (χ0) is 21.6. The standard InChI is InChI=1S/C25H25FN2O3/c26-21-9-7-19(8-10-21)22-11-12-27-15-23(22)24(28-31-16-25(29)30)14-17-5-6-18-3-1-2-4-20(18)13-17/h1-10,13,22-23,27H,11-12,14-16H2,(H,29,30). The van der Waals surface area contributed by atoms with Crippen LogP contribution in [0.3, 0.4) is 0 Å². The van der Waals surface area contributed by atoms with Crippen molar-refractivity contribution >= 4 is 22.5 Å². The highest BCUT2D eigenvalue weighted by Crippen LogP contribution is 2.33. The molecule has 2 N–H and O–H groups in total. The van der Waals surface area contributed by atoms with E-state index in [4.69, 9.17) is 9.94 Å². The first-order valence-corrected chi connectivity index (χ1v) is 10.4. The van der Waals surface area contributed by atoms with Crippen molar-refractivity contribution in [3.63, 3.8) is 0 Å². The Morgan fingerprint density at radius 1 is 1.10 bits per heavy atom. The van der Waals surface area contributed by atoms with Crippen molar-refractivity contribution < 1.29 is 19.1 Å². The Morgan fingerprint density at radius 3 is 2.65 bits per heavy atom. The van der Waals surface area contributed by atoms with E-state index in [2.05, 4.69) is 40.8 Å². The number of carboxylic acids is 1. The summed E-state index contributed by atoms with van der Waals surface area (Å²) in [5, 5.41) is 19.0. The third-order valence-corrected chi connectivity index (χ3v) is 5.78. The lowest BCUT2D eigenvalue weighted by atomic mass is 9.77. The molecule has 3 aromatic rings. The highest BCUT2D eigenvalue weighted by Gasteiger charge is 2.31. The summed E-state index contributed by atoms with van der Waals surface area (Å²) in [7, 11) is 0. The highest BCUT2D eigenvalue weighted by atomic mass is 19.1. The molecule has 31 heavy (non-hydrogen) atoms. The fourth-order valence-corrected chi connectivity index (χ4v) is 4.28. The van der Waals surface area contributed by atoms with E-state index in [-0.39, 0.29) is 17.7 Å². The molecule has 0 radical (unpaired) electrons. The molecule has 1 heterocycles. The first-order valence-electron chi connectivity index (χ1n) is 10.4. The number of oxime groups is 1. The van der Waals surface area contributed by atoms with Crippen LogP contribution < -0.4 is 5.32 Å². The minimum atomic E-state index is -1.06. The number of rotatable bonds is 7. The zero-order valence-corrected chi connectivity index (χ0v) is 17.1. The van der Waals surface area contributed by atoms with Crippen molar-refractivity contribution in [3.8, 4) is 0 Å². The SMILES string of the molecule is O=C(O)CON=C(Cc1ccc2ccccc2c1)C1CNCCC1c1ccc(F)cc1. The number of nitrogens with zero attached hydrogens (tertiary/aromatic N) is 1. The molecule has 4 rings (SSSR count). The number of carbonyl (C=O) groups is 1. The summed E-state index contributed by atoms with van der Waals surface area (Å²) in [6.07, 6.45) is 1.43. The number of benzene rings is 3. The van der Waals surface area contributed by atoms with E-state index in [1.165, 1.54) is 12.1 Å². The Balaban J connectivity index is 1.64. The van der Waals surface area contributed by atoms with Gasteiger partial charge in [-0.05, 0) is 52.9 Å². The first-order chi connectivity index (χ1) is 15.1. The summed E-state index contributed by atoms with van der Waals surface area (Å²) in [4.78, 5) is 16.1. The van der Waals surface area contributed by atoms with Gasteiger partial charge in [-0.3, -0.25) is 0 Å². The van der Waals surface area contributed by atoms with Gasteiger partial charge in [0.05, 0.1) is 5.71 Å². The normalized spacial score (nSPS) is 19.3. The lowest BCUT2D eigenvalue weighted by Gasteiger charge is -2.33. The number of nitrogens with one attached hydrogen (secondary N) is 1. The summed E-state index contributed by atoms with van der Waals surface area (Å²) in [6, 6.07) is 21.0. The molecule has 0 spiro atoms. The Hall–Kier alpha value is -3.25. The molecule has 1 aliphatic heterocycles. The minimum absolute atomic E-state index is 0.0134. The molecular weight excluding hydrogens is 395 g/mol. The van der Waals surface area contributed by atoms with Crippen molar-refractivity contribution in [1.29, 1.82) is 0 Å². The maximum absolute atomic E-state index is 13.5. The van der Waals surface area contributed by atoms with Crippen LogP contribution in [0.1, 0.15) is 23.5 Å². The summed E-state index contributed by atoms with van der Waals surface area (Å²) < 4.78 is 13.5. The maximum Gasteiger partial charge on any atom is 0.344 e. The minimum Gasteiger partial charge on any atom is -0.479 e. The number of halogens is 1. The smallest absolute Gasteiger partial charge is 0.344 e. The lowest BCUT2D eigenvalue weighted by Crippen LogP contribution is -2.40. The predicted molar refractivity (Wildman–Crippen MR) is 119 cm³/mol. The zero-order valence-electron chi connectivity index (χ0n) is 17.1. The van der Waals surface area contributed by atoms with Gasteiger partial charge in [0.2, 0.25) is 6.61 Å². The predicted octanol–water partition coefficient (Wildman–Crippen LogP) is 4.37. The van der Waals surface area contributed by atoms with Crippen LogP contribution in [0.4, 0.5) is 4.39 Å². The van der Waals surface area contributed by atoms with Gasteiger partial charge in [0, 0.05) is 18.9 Å². The summed E-state index contributed by atoms with van der Waals surface area (Å²) in [5.41, 5.74) is 2.93. The van der Waals surface area contributed by atoms with E-state index in [0.717, 1.165) is 40.6 Å². The average molecular weight is 420 g/mol. The Labute approximate surface area is 180 Å². The maximum atomic E-state index is 13.5. The molecule has 1 fully saturated rings. The van der Waals surface area contributed by atoms with Gasteiger partial charge in [-0.1, -0.05) is 59.8 Å². The van der Waals surface area contributed by atoms with Gasteiger partial charge in [0.1, 0.15) is 5.82 Å². The molecule has 160 valence electrons. The second-order valence-electron chi connectivity index (χ2n) is 7.87. The molecule has 5 nitrogen and oxygen atoms in total. The first kappa shape index (κ1) is 21.0. The summed E-state index contributed by atoms with van der Waals surface area (Å²) in [6.45, 7) is 1.07. The number of piperidine rings is 1. The van der Waals surface area contributed by atoms with Gasteiger partial charge < -0.3 is 15.3 Å². The van der Waals surface area contributed by atoms with Gasteiger partial charge in [-0.15, -0.1) is 0 Å². The molecule has 2 unspecified atom stereocenters. The topological polar surface area (TPSA) is 70.9 Å². The number of fused-ring (bicyclic) bond motifs is 1. The Bertz CT molecular complexity index is 1080. The Kier molecular flexibility index (Phi) is 6.57. The van der Waals surface area contributed by atoms with Gasteiger partial charge in [-0.2, -0.15) is 0 Å². The van der Waals surface area contributed by atoms with E-state index in [9.17, 15) is 9.18 Å². The van der Waals surface area contributed by atoms with E-state index >= 15 is 0 Å². The molecule has 2 atom stereocenters. The molecule has 0 saturated carbocycles. The van der Waals surface area contributed by atoms with Crippen molar-refractivity contribution in [3.05, 3.63) is 83.7 Å². The fraction of sp³-hybridized carbons (Fsp3) is 0.280. The van der Waals surface area contributed by atoms with Crippen LogP contribution in [0.2, 0.25) is 0 Å². The Morgan fingerprint density at radius 2 is 1.87 bits per heavy atom. The molecule has 1 aliphatic rings. The number of carboxylic acid groups (broad SMARTS) is 1. The van der Waals surface area contributed by atoms with Crippen LogP contribution in [0, 0.1) is 11.7 Å². The van der Waals surface area contributed by atoms with Crippen LogP contribution in [0.15, 0.2) is 71.9 Å². The molecule has 3 aromatic carbocycles. The van der Waals surface area contributed by atoms with Crippen molar-refractivity contribution in [1.82, 2.24) is 5.32 Å². The summed E-state index contributed by atoms with van der Waals surface area (Å²) >= 11 is 0. The second-order valence-corrected chi connectivity index (χ2v) is 7.87. The molecular formula is C25H25FN2O3. The van der Waals surface area contributed by atoms with E-state index in [1.54, 1.807) is 0 Å². The van der Waals surface area contributed by atoms with Crippen LogP contribution in [-0.2, 0) is 16.1 Å². The van der Waals surface area contributed by atoms with Crippen LogP contribution in [0.5, 0.6) is 0 Å². The van der Waals surface area contributed by atoms with Gasteiger partial charge in [0.15, 0.2) is 0 Å². The van der Waals surface area contributed by atoms with Crippen molar-refractivity contribution in [2.45, 2.75) is 18.8 Å². The average Bonchev–Trinajstić information content (AvgIpc) is 2.79. The quantitative estimate of drug-likeness (QED) is 0.440. The number of hydrogen-bond acceptors (Lipinski definition) is 4. The lowest BCUT2D eigenvalue weighted by molar-refractivity contribution is -0.142. The molecule has 0 aliphatic carbocycles. The second kappa shape index (κ2) is 9.71. The summed E-state index contributed by atoms with van der Waals surface area (Å²) in [5.74, 6) is -1.16. The van der Waals surface area contributed by atoms with E-state index in [0.29, 0.717) is 13.0 Å². The highest BCUT2D eigenvalue weighted by molar-refractivity contribution is 5.91. The van der Waals surface area contributed by atoms with E-state index < -0.39 is 12.6 Å². The molecule has 6 heteroatoms. The third-order valence-electron chi connectivity index (χ3n) is 5.78. The van der Waals surface area contributed by atoms with Gasteiger partial charge in [-0.25, -0.2) is 9.18 Å². The van der Waals surface area contributed by atoms with Crippen molar-refractivity contribution in [2.24, 2.45) is 11.1 Å². The monoisotopic (exact) mass is 420 g/mol.